The summed E-state index contributed by atoms with van der Waals surface area (Å²) < 4.78 is 17.0. The average molecular weight is 277 g/mol. The normalized spacial score (nSPS) is 30.9. The summed E-state index contributed by atoms with van der Waals surface area (Å²) in [5, 5.41) is 0. The van der Waals surface area contributed by atoms with Crippen LogP contribution in [-0.4, -0.2) is 42.9 Å². The van der Waals surface area contributed by atoms with Gasteiger partial charge in [0.15, 0.2) is 0 Å². The van der Waals surface area contributed by atoms with Gasteiger partial charge in [-0.1, -0.05) is 6.08 Å². The van der Waals surface area contributed by atoms with Crippen molar-refractivity contribution in [3.05, 3.63) is 36.8 Å². The number of likely N-dealkylation sites (tertiary alicyclic amines) is 1. The molecule has 0 bridgehead atoms. The van der Waals surface area contributed by atoms with E-state index in [1.165, 1.54) is 12.0 Å². The quantitative estimate of drug-likeness (QED) is 0.775. The minimum absolute atomic E-state index is 0.00613. The Morgan fingerprint density at radius 2 is 2.50 bits per heavy atom. The van der Waals surface area contributed by atoms with Crippen molar-refractivity contribution in [2.24, 2.45) is 0 Å². The number of hydrogen-bond donors (Lipinski definition) is 0. The monoisotopic (exact) mass is 277 g/mol. The van der Waals surface area contributed by atoms with E-state index in [-0.39, 0.29) is 11.7 Å². The van der Waals surface area contributed by atoms with Crippen LogP contribution in [0.25, 0.3) is 0 Å². The summed E-state index contributed by atoms with van der Waals surface area (Å²) in [4.78, 5) is 2.46. The second-order valence-corrected chi connectivity index (χ2v) is 5.89. The van der Waals surface area contributed by atoms with E-state index in [2.05, 4.69) is 11.5 Å². The van der Waals surface area contributed by atoms with Gasteiger partial charge in [-0.25, -0.2) is 0 Å². The molecule has 0 aromatic carbocycles. The van der Waals surface area contributed by atoms with E-state index >= 15 is 0 Å². The van der Waals surface area contributed by atoms with Crippen molar-refractivity contribution < 1.29 is 13.9 Å². The molecule has 20 heavy (non-hydrogen) atoms. The summed E-state index contributed by atoms with van der Waals surface area (Å²) in [6.45, 7) is 8.10. The number of rotatable bonds is 5. The number of nitrogens with zero attached hydrogens (tertiary/aromatic N) is 1. The van der Waals surface area contributed by atoms with Gasteiger partial charge in [0.2, 0.25) is 0 Å². The SMILES string of the molecule is C=CCOC1COC2(CCCN(Cc3ccoc3)C2)C1. The molecule has 2 saturated heterocycles. The molecule has 2 unspecified atom stereocenters. The Kier molecular flexibility index (Phi) is 4.24. The van der Waals surface area contributed by atoms with Gasteiger partial charge in [0.25, 0.3) is 0 Å². The lowest BCUT2D eigenvalue weighted by Gasteiger charge is -2.39. The molecule has 1 aromatic heterocycles. The molecule has 4 heteroatoms. The molecule has 110 valence electrons. The van der Waals surface area contributed by atoms with Crippen LogP contribution < -0.4 is 0 Å². The maximum absolute atomic E-state index is 6.12. The molecule has 2 fully saturated rings. The molecule has 2 atom stereocenters. The first-order valence-electron chi connectivity index (χ1n) is 7.40. The van der Waals surface area contributed by atoms with Gasteiger partial charge in [0.05, 0.1) is 37.4 Å². The Hall–Kier alpha value is -1.10. The summed E-state index contributed by atoms with van der Waals surface area (Å²) in [6, 6.07) is 2.03. The number of furan rings is 1. The standard InChI is InChI=1S/C16H23NO3/c1-2-7-19-15-9-16(20-12-15)5-3-6-17(13-16)10-14-4-8-18-11-14/h2,4,8,11,15H,1,3,5-7,9-10,12-13H2. The molecule has 3 heterocycles. The zero-order chi connectivity index (χ0) is 13.8. The average Bonchev–Trinajstić information content (AvgIpc) is 3.07. The molecular formula is C16H23NO3. The fourth-order valence-electron chi connectivity index (χ4n) is 3.36. The van der Waals surface area contributed by atoms with E-state index in [9.17, 15) is 0 Å². The Bertz CT molecular complexity index is 431. The van der Waals surface area contributed by atoms with Crippen molar-refractivity contribution in [1.82, 2.24) is 4.90 Å². The predicted molar refractivity (Wildman–Crippen MR) is 76.5 cm³/mol. The molecule has 0 saturated carbocycles. The largest absolute Gasteiger partial charge is 0.472 e. The fourth-order valence-corrected chi connectivity index (χ4v) is 3.36. The van der Waals surface area contributed by atoms with Crippen molar-refractivity contribution >= 4 is 0 Å². The Balaban J connectivity index is 1.56. The van der Waals surface area contributed by atoms with Crippen LogP contribution in [0.1, 0.15) is 24.8 Å². The van der Waals surface area contributed by atoms with E-state index in [1.54, 1.807) is 12.3 Å². The maximum Gasteiger partial charge on any atom is 0.0947 e. The van der Waals surface area contributed by atoms with E-state index in [0.717, 1.165) is 32.5 Å². The van der Waals surface area contributed by atoms with Crippen molar-refractivity contribution in [2.75, 3.05) is 26.3 Å². The second kappa shape index (κ2) is 6.12. The van der Waals surface area contributed by atoms with Crippen LogP contribution in [0.2, 0.25) is 0 Å². The lowest BCUT2D eigenvalue weighted by molar-refractivity contribution is -0.0544. The Morgan fingerprint density at radius 3 is 3.30 bits per heavy atom. The minimum Gasteiger partial charge on any atom is -0.472 e. The summed E-state index contributed by atoms with van der Waals surface area (Å²) in [7, 11) is 0. The third-order valence-corrected chi connectivity index (χ3v) is 4.23. The first-order chi connectivity index (χ1) is 9.80. The van der Waals surface area contributed by atoms with Gasteiger partial charge in [-0.05, 0) is 25.5 Å². The van der Waals surface area contributed by atoms with Gasteiger partial charge in [-0.2, -0.15) is 0 Å². The highest BCUT2D eigenvalue weighted by Gasteiger charge is 2.43. The van der Waals surface area contributed by atoms with Crippen LogP contribution in [0.3, 0.4) is 0 Å². The number of hydrogen-bond acceptors (Lipinski definition) is 4. The van der Waals surface area contributed by atoms with Gasteiger partial charge in [-0.3, -0.25) is 4.90 Å². The van der Waals surface area contributed by atoms with Crippen molar-refractivity contribution in [1.29, 1.82) is 0 Å². The summed E-state index contributed by atoms with van der Waals surface area (Å²) >= 11 is 0. The number of piperidine rings is 1. The highest BCUT2D eigenvalue weighted by atomic mass is 16.6. The highest BCUT2D eigenvalue weighted by Crippen LogP contribution is 2.36. The first kappa shape index (κ1) is 13.9. The zero-order valence-corrected chi connectivity index (χ0v) is 11.9. The smallest absolute Gasteiger partial charge is 0.0947 e. The predicted octanol–water partition coefficient (Wildman–Crippen LogP) is 2.61. The molecule has 0 aliphatic carbocycles. The van der Waals surface area contributed by atoms with Crippen molar-refractivity contribution in [3.8, 4) is 0 Å². The van der Waals surface area contributed by atoms with Gasteiger partial charge >= 0.3 is 0 Å². The topological polar surface area (TPSA) is 34.8 Å². The Labute approximate surface area is 120 Å². The van der Waals surface area contributed by atoms with Gasteiger partial charge < -0.3 is 13.9 Å². The van der Waals surface area contributed by atoms with E-state index in [0.29, 0.717) is 13.2 Å². The van der Waals surface area contributed by atoms with Crippen LogP contribution in [-0.2, 0) is 16.0 Å². The number of ether oxygens (including phenoxy) is 2. The molecule has 1 aromatic rings. The molecule has 1 spiro atoms. The summed E-state index contributed by atoms with van der Waals surface area (Å²) in [5.41, 5.74) is 1.23. The molecule has 0 radical (unpaired) electrons. The fraction of sp³-hybridized carbons (Fsp3) is 0.625. The maximum atomic E-state index is 6.12. The van der Waals surface area contributed by atoms with E-state index < -0.39 is 0 Å². The molecule has 4 nitrogen and oxygen atoms in total. The molecule has 3 rings (SSSR count). The van der Waals surface area contributed by atoms with Crippen LogP contribution in [0.5, 0.6) is 0 Å². The molecular weight excluding hydrogens is 254 g/mol. The van der Waals surface area contributed by atoms with Crippen LogP contribution in [0.15, 0.2) is 35.7 Å². The summed E-state index contributed by atoms with van der Waals surface area (Å²) in [5.74, 6) is 0. The highest BCUT2D eigenvalue weighted by molar-refractivity contribution is 5.06. The third kappa shape index (κ3) is 3.14. The molecule has 0 amide bonds. The molecule has 2 aliphatic heterocycles. The van der Waals surface area contributed by atoms with Crippen LogP contribution in [0.4, 0.5) is 0 Å². The van der Waals surface area contributed by atoms with Gasteiger partial charge in [0, 0.05) is 25.1 Å². The Morgan fingerprint density at radius 1 is 1.55 bits per heavy atom. The van der Waals surface area contributed by atoms with Gasteiger partial charge in [-0.15, -0.1) is 6.58 Å². The minimum atomic E-state index is -0.00613. The lowest BCUT2D eigenvalue weighted by atomic mass is 9.89. The van der Waals surface area contributed by atoms with Crippen molar-refractivity contribution in [3.63, 3.8) is 0 Å². The second-order valence-electron chi connectivity index (χ2n) is 5.89. The van der Waals surface area contributed by atoms with E-state index in [1.807, 2.05) is 12.3 Å². The first-order valence-corrected chi connectivity index (χ1v) is 7.40. The molecule has 0 N–H and O–H groups in total. The third-order valence-electron chi connectivity index (χ3n) is 4.23. The van der Waals surface area contributed by atoms with Crippen molar-refractivity contribution in [2.45, 2.75) is 37.5 Å². The van der Waals surface area contributed by atoms with Crippen LogP contribution >= 0.6 is 0 Å². The zero-order valence-electron chi connectivity index (χ0n) is 11.9. The van der Waals surface area contributed by atoms with Gasteiger partial charge in [0.1, 0.15) is 0 Å². The molecule has 2 aliphatic rings. The van der Waals surface area contributed by atoms with E-state index in [4.69, 9.17) is 13.9 Å². The summed E-state index contributed by atoms with van der Waals surface area (Å²) in [6.07, 6.45) is 8.92. The van der Waals surface area contributed by atoms with Crippen LogP contribution in [0, 0.1) is 0 Å². The lowest BCUT2D eigenvalue weighted by Crippen LogP contribution is -2.47.